The molecular weight excluding hydrogens is 292 g/mol. The average Bonchev–Trinajstić information content (AvgIpc) is 3.33. The third kappa shape index (κ3) is 1.59. The highest BCUT2D eigenvalue weighted by Crippen LogP contribution is 2.57. The van der Waals surface area contributed by atoms with E-state index in [0.29, 0.717) is 5.76 Å². The second-order valence-electron chi connectivity index (χ2n) is 6.06. The summed E-state index contributed by atoms with van der Waals surface area (Å²) in [5, 5.41) is 21.2. The van der Waals surface area contributed by atoms with E-state index in [1.165, 1.54) is 11.0 Å². The van der Waals surface area contributed by atoms with Crippen LogP contribution in [0.4, 0.5) is 0 Å². The van der Waals surface area contributed by atoms with Gasteiger partial charge in [-0.1, -0.05) is 12.2 Å². The number of allylic oxidation sites excluding steroid dienone is 2. The molecule has 2 aromatic heterocycles. The molecule has 2 aliphatic carbocycles. The van der Waals surface area contributed by atoms with Gasteiger partial charge in [0.2, 0.25) is 11.8 Å². The molecule has 0 fully saturated rings. The summed E-state index contributed by atoms with van der Waals surface area (Å²) in [5.41, 5.74) is 3.35. The van der Waals surface area contributed by atoms with Crippen LogP contribution in [0.3, 0.4) is 0 Å². The molecule has 5 rings (SSSR count). The van der Waals surface area contributed by atoms with Crippen molar-refractivity contribution in [1.82, 2.24) is 9.55 Å². The maximum absolute atomic E-state index is 10.6. The summed E-state index contributed by atoms with van der Waals surface area (Å²) in [7, 11) is 0. The van der Waals surface area contributed by atoms with Gasteiger partial charge in [0.05, 0.1) is 11.9 Å². The van der Waals surface area contributed by atoms with Crippen LogP contribution in [0.5, 0.6) is 11.8 Å². The first-order valence-electron chi connectivity index (χ1n) is 7.58. The zero-order chi connectivity index (χ0) is 15.6. The number of hydrogen-bond acceptors (Lipinski definition) is 4. The topological polar surface area (TPSA) is 71.4 Å². The van der Waals surface area contributed by atoms with Crippen molar-refractivity contribution in [2.45, 2.75) is 18.3 Å². The summed E-state index contributed by atoms with van der Waals surface area (Å²) in [5.74, 6) is 1.40. The zero-order valence-corrected chi connectivity index (χ0v) is 12.2. The molecule has 114 valence electrons. The molecule has 0 saturated heterocycles. The highest BCUT2D eigenvalue weighted by Gasteiger charge is 2.41. The number of benzene rings is 1. The summed E-state index contributed by atoms with van der Waals surface area (Å²) < 4.78 is 6.79. The Morgan fingerprint density at radius 2 is 1.65 bits per heavy atom. The molecule has 5 heteroatoms. The van der Waals surface area contributed by atoms with Gasteiger partial charge in [0.25, 0.3) is 0 Å². The van der Waals surface area contributed by atoms with Crippen molar-refractivity contribution in [2.75, 3.05) is 0 Å². The molecule has 0 aliphatic heterocycles. The van der Waals surface area contributed by atoms with E-state index >= 15 is 0 Å². The zero-order valence-electron chi connectivity index (χ0n) is 12.2. The van der Waals surface area contributed by atoms with Crippen molar-refractivity contribution < 1.29 is 14.6 Å². The molecule has 2 unspecified atom stereocenters. The maximum Gasteiger partial charge on any atom is 0.202 e. The lowest BCUT2D eigenvalue weighted by Gasteiger charge is -2.10. The van der Waals surface area contributed by atoms with Crippen LogP contribution in [-0.4, -0.2) is 19.8 Å². The Kier molecular flexibility index (Phi) is 2.34. The van der Waals surface area contributed by atoms with Gasteiger partial charge in [0.1, 0.15) is 0 Å². The van der Waals surface area contributed by atoms with E-state index in [0.717, 1.165) is 28.8 Å². The molecule has 0 radical (unpaired) electrons. The maximum atomic E-state index is 10.6. The van der Waals surface area contributed by atoms with E-state index < -0.39 is 0 Å². The molecule has 2 aliphatic rings. The second kappa shape index (κ2) is 4.29. The molecule has 5 nitrogen and oxygen atoms in total. The van der Waals surface area contributed by atoms with Crippen LogP contribution in [0.25, 0.3) is 17.0 Å². The van der Waals surface area contributed by atoms with Gasteiger partial charge in [-0.05, 0) is 30.7 Å². The van der Waals surface area contributed by atoms with Crippen LogP contribution in [-0.2, 0) is 0 Å². The quantitative estimate of drug-likeness (QED) is 0.708. The molecule has 2 N–H and O–H groups in total. The Labute approximate surface area is 132 Å². The number of rotatable bonds is 2. The molecule has 2 heterocycles. The Balaban J connectivity index is 1.61. The van der Waals surface area contributed by atoms with E-state index in [-0.39, 0.29) is 23.6 Å². The smallest absolute Gasteiger partial charge is 0.202 e. The lowest BCUT2D eigenvalue weighted by Crippen LogP contribution is -1.95. The summed E-state index contributed by atoms with van der Waals surface area (Å²) in [6, 6.07) is 7.46. The first-order chi connectivity index (χ1) is 11.2. The number of oxazole rings is 1. The lowest BCUT2D eigenvalue weighted by molar-refractivity contribution is 0.395. The molecule has 2 bridgehead atoms. The van der Waals surface area contributed by atoms with Crippen LogP contribution in [0, 0.1) is 0 Å². The Morgan fingerprint density at radius 1 is 1.00 bits per heavy atom. The van der Waals surface area contributed by atoms with Crippen molar-refractivity contribution >= 4 is 0 Å². The first-order valence-corrected chi connectivity index (χ1v) is 7.58. The van der Waals surface area contributed by atoms with Gasteiger partial charge in [-0.15, -0.1) is 0 Å². The second-order valence-corrected chi connectivity index (χ2v) is 6.06. The van der Waals surface area contributed by atoms with Crippen molar-refractivity contribution in [1.29, 1.82) is 0 Å². The predicted molar refractivity (Wildman–Crippen MR) is 83.8 cm³/mol. The van der Waals surface area contributed by atoms with Gasteiger partial charge < -0.3 is 14.6 Å². The Hall–Kier alpha value is -2.95. The number of aromatic hydroxyl groups is 2. The van der Waals surface area contributed by atoms with Crippen LogP contribution < -0.4 is 0 Å². The number of nitrogens with zero attached hydrogens (tertiary/aromatic N) is 2. The molecule has 23 heavy (non-hydrogen) atoms. The third-order valence-electron chi connectivity index (χ3n) is 4.86. The fourth-order valence-corrected chi connectivity index (χ4v) is 3.82. The fraction of sp³-hybridized carbons (Fsp3) is 0.167. The summed E-state index contributed by atoms with van der Waals surface area (Å²) in [6.45, 7) is 0. The normalized spacial score (nSPS) is 21.0. The van der Waals surface area contributed by atoms with Crippen LogP contribution in [0.15, 0.2) is 53.4 Å². The van der Waals surface area contributed by atoms with E-state index in [2.05, 4.69) is 17.1 Å². The Bertz CT molecular complexity index is 885. The van der Waals surface area contributed by atoms with Gasteiger partial charge in [-0.3, -0.25) is 4.57 Å². The van der Waals surface area contributed by atoms with Crippen LogP contribution >= 0.6 is 0 Å². The van der Waals surface area contributed by atoms with Gasteiger partial charge in [0, 0.05) is 28.5 Å². The molecule has 0 spiro atoms. The van der Waals surface area contributed by atoms with E-state index in [9.17, 15) is 10.2 Å². The van der Waals surface area contributed by atoms with Crippen molar-refractivity contribution in [3.8, 4) is 28.8 Å². The Morgan fingerprint density at radius 3 is 2.22 bits per heavy atom. The molecule has 1 aromatic carbocycles. The molecule has 3 aromatic rings. The van der Waals surface area contributed by atoms with Crippen LogP contribution in [0.1, 0.15) is 29.4 Å². The van der Waals surface area contributed by atoms with E-state index in [1.807, 2.05) is 24.3 Å². The van der Waals surface area contributed by atoms with Crippen molar-refractivity contribution in [3.05, 3.63) is 60.1 Å². The van der Waals surface area contributed by atoms with E-state index in [1.54, 1.807) is 6.20 Å². The standard InChI is InChI=1S/C18H14N2O3/c21-17-15-11-1-2-12(7-11)16(15)18(22)20(17)13-5-3-10(4-6-13)14-8-19-9-23-14/h1-6,8-9,11-12,21-22H,7H2. The van der Waals surface area contributed by atoms with Gasteiger partial charge in [-0.2, -0.15) is 0 Å². The SMILES string of the molecule is Oc1c2c(c(O)n1-c1ccc(-c3cnco3)cc1)C1C=CC2C1. The fourth-order valence-electron chi connectivity index (χ4n) is 3.82. The number of aromatic nitrogens is 2. The highest BCUT2D eigenvalue weighted by molar-refractivity contribution is 5.64. The predicted octanol–water partition coefficient (Wildman–Crippen LogP) is 3.68. The average molecular weight is 306 g/mol. The van der Waals surface area contributed by atoms with Gasteiger partial charge in [0.15, 0.2) is 12.2 Å². The van der Waals surface area contributed by atoms with Gasteiger partial charge >= 0.3 is 0 Å². The number of hydrogen-bond donors (Lipinski definition) is 2. The minimum Gasteiger partial charge on any atom is -0.494 e. The highest BCUT2D eigenvalue weighted by atomic mass is 16.3. The number of fused-ring (bicyclic) bond motifs is 5. The first kappa shape index (κ1) is 12.6. The van der Waals surface area contributed by atoms with Crippen molar-refractivity contribution in [2.24, 2.45) is 0 Å². The molecule has 2 atom stereocenters. The molecule has 0 amide bonds. The summed E-state index contributed by atoms with van der Waals surface area (Å²) in [6.07, 6.45) is 8.22. The third-order valence-corrected chi connectivity index (χ3v) is 4.86. The summed E-state index contributed by atoms with van der Waals surface area (Å²) >= 11 is 0. The van der Waals surface area contributed by atoms with E-state index in [4.69, 9.17) is 4.42 Å². The van der Waals surface area contributed by atoms with Crippen molar-refractivity contribution in [3.63, 3.8) is 0 Å². The monoisotopic (exact) mass is 306 g/mol. The minimum atomic E-state index is 0.141. The van der Waals surface area contributed by atoms with Crippen LogP contribution in [0.2, 0.25) is 0 Å². The molecule has 0 saturated carbocycles. The van der Waals surface area contributed by atoms with Gasteiger partial charge in [-0.25, -0.2) is 4.98 Å². The summed E-state index contributed by atoms with van der Waals surface area (Å²) in [4.78, 5) is 3.91. The lowest BCUT2D eigenvalue weighted by atomic mass is 10.0. The molecular formula is C18H14N2O3. The largest absolute Gasteiger partial charge is 0.494 e. The minimum absolute atomic E-state index is 0.141.